The van der Waals surface area contributed by atoms with Gasteiger partial charge in [0, 0.05) is 24.0 Å². The monoisotopic (exact) mass is 472 g/mol. The van der Waals surface area contributed by atoms with Crippen molar-refractivity contribution >= 4 is 26.5 Å². The molecule has 0 spiro atoms. The van der Waals surface area contributed by atoms with E-state index in [9.17, 15) is 13.2 Å². The number of hydrogen-bond acceptors (Lipinski definition) is 7. The third-order valence-corrected chi connectivity index (χ3v) is 7.03. The highest BCUT2D eigenvalue weighted by atomic mass is 32.2. The van der Waals surface area contributed by atoms with E-state index >= 15 is 0 Å². The van der Waals surface area contributed by atoms with Gasteiger partial charge in [-0.3, -0.25) is 14.4 Å². The lowest BCUT2D eigenvalue weighted by Gasteiger charge is -2.26. The second kappa shape index (κ2) is 10.3. The summed E-state index contributed by atoms with van der Waals surface area (Å²) in [6.45, 7) is 4.11. The van der Waals surface area contributed by atoms with Crippen molar-refractivity contribution in [3.05, 3.63) is 52.8 Å². The van der Waals surface area contributed by atoms with Crippen LogP contribution < -0.4 is 15.0 Å². The van der Waals surface area contributed by atoms with Crippen molar-refractivity contribution in [2.75, 3.05) is 50.4 Å². The van der Waals surface area contributed by atoms with Gasteiger partial charge in [-0.2, -0.15) is 5.10 Å². The fourth-order valence-corrected chi connectivity index (χ4v) is 5.12. The number of sulfonamides is 1. The van der Waals surface area contributed by atoms with Crippen molar-refractivity contribution in [1.29, 1.82) is 0 Å². The molecule has 1 aromatic heterocycles. The number of rotatable bonds is 9. The minimum absolute atomic E-state index is 0.0184. The first-order valence-corrected chi connectivity index (χ1v) is 12.6. The number of nitrogens with zero attached hydrogens (tertiary/aromatic N) is 2. The first-order chi connectivity index (χ1) is 16.0. The fraction of sp³-hybridized carbons (Fsp3) is 0.391. The summed E-state index contributed by atoms with van der Waals surface area (Å²) >= 11 is 0. The Morgan fingerprint density at radius 2 is 1.88 bits per heavy atom. The SMILES string of the molecule is COc1ccc(-c2n[nH]c(=O)c3ccccc23)cc1NS(=O)(=O)CCCCN1CCOCC1. The molecule has 2 heterocycles. The average molecular weight is 473 g/mol. The lowest BCUT2D eigenvalue weighted by molar-refractivity contribution is 0.0373. The van der Waals surface area contributed by atoms with Gasteiger partial charge in [0.15, 0.2) is 0 Å². The molecule has 0 saturated carbocycles. The summed E-state index contributed by atoms with van der Waals surface area (Å²) < 4.78 is 38.9. The van der Waals surface area contributed by atoms with Crippen molar-refractivity contribution in [2.45, 2.75) is 12.8 Å². The molecule has 1 fully saturated rings. The third-order valence-electron chi connectivity index (χ3n) is 5.68. The van der Waals surface area contributed by atoms with Gasteiger partial charge in [-0.25, -0.2) is 13.5 Å². The second-order valence-electron chi connectivity index (χ2n) is 7.94. The van der Waals surface area contributed by atoms with Crippen LogP contribution in [0, 0.1) is 0 Å². The van der Waals surface area contributed by atoms with Gasteiger partial charge in [-0.1, -0.05) is 18.2 Å². The first kappa shape index (κ1) is 23.2. The molecule has 0 atom stereocenters. The highest BCUT2D eigenvalue weighted by molar-refractivity contribution is 7.92. The topological polar surface area (TPSA) is 114 Å². The second-order valence-corrected chi connectivity index (χ2v) is 9.79. The van der Waals surface area contributed by atoms with Crippen LogP contribution >= 0.6 is 0 Å². The molecule has 33 heavy (non-hydrogen) atoms. The molecule has 0 unspecified atom stereocenters. The van der Waals surface area contributed by atoms with Gasteiger partial charge in [-0.15, -0.1) is 0 Å². The molecule has 0 bridgehead atoms. The van der Waals surface area contributed by atoms with E-state index < -0.39 is 10.0 Å². The number of morpholine rings is 1. The molecule has 2 N–H and O–H groups in total. The van der Waals surface area contributed by atoms with Crippen molar-refractivity contribution in [3.63, 3.8) is 0 Å². The van der Waals surface area contributed by atoms with E-state index in [1.165, 1.54) is 7.11 Å². The summed E-state index contributed by atoms with van der Waals surface area (Å²) in [6.07, 6.45) is 1.35. The molecule has 1 aliphatic rings. The molecular formula is C23H28N4O5S. The van der Waals surface area contributed by atoms with Crippen LogP contribution in [-0.4, -0.2) is 69.2 Å². The summed E-state index contributed by atoms with van der Waals surface area (Å²) in [6, 6.07) is 12.3. The van der Waals surface area contributed by atoms with E-state index in [-0.39, 0.29) is 11.3 Å². The van der Waals surface area contributed by atoms with Gasteiger partial charge >= 0.3 is 0 Å². The maximum atomic E-state index is 12.8. The predicted octanol–water partition coefficient (Wildman–Crippen LogP) is 2.45. The Kier molecular flexibility index (Phi) is 7.26. The van der Waals surface area contributed by atoms with Gasteiger partial charge in [0.1, 0.15) is 5.75 Å². The maximum Gasteiger partial charge on any atom is 0.272 e. The Labute approximate surface area is 192 Å². The Morgan fingerprint density at radius 1 is 1.12 bits per heavy atom. The van der Waals surface area contributed by atoms with Crippen LogP contribution in [0.15, 0.2) is 47.3 Å². The van der Waals surface area contributed by atoms with Crippen LogP contribution in [0.1, 0.15) is 12.8 Å². The number of hydrogen-bond donors (Lipinski definition) is 2. The number of ether oxygens (including phenoxy) is 2. The van der Waals surface area contributed by atoms with Gasteiger partial charge in [0.25, 0.3) is 5.56 Å². The Balaban J connectivity index is 1.50. The molecule has 4 rings (SSSR count). The van der Waals surface area contributed by atoms with Gasteiger partial charge < -0.3 is 9.47 Å². The molecule has 2 aromatic carbocycles. The van der Waals surface area contributed by atoms with Gasteiger partial charge in [0.05, 0.1) is 42.8 Å². The Morgan fingerprint density at radius 3 is 2.64 bits per heavy atom. The molecule has 0 aliphatic carbocycles. The normalized spacial score (nSPS) is 14.9. The van der Waals surface area contributed by atoms with E-state index in [4.69, 9.17) is 9.47 Å². The highest BCUT2D eigenvalue weighted by Gasteiger charge is 2.17. The molecule has 1 saturated heterocycles. The maximum absolute atomic E-state index is 12.8. The number of aromatic nitrogens is 2. The van der Waals surface area contributed by atoms with Crippen LogP contribution in [0.2, 0.25) is 0 Å². The summed E-state index contributed by atoms with van der Waals surface area (Å²) in [5.41, 5.74) is 1.27. The van der Waals surface area contributed by atoms with Crippen LogP contribution in [0.3, 0.4) is 0 Å². The number of benzene rings is 2. The minimum atomic E-state index is -3.57. The molecule has 0 radical (unpaired) electrons. The van der Waals surface area contributed by atoms with E-state index in [0.29, 0.717) is 39.9 Å². The van der Waals surface area contributed by atoms with E-state index in [1.807, 2.05) is 12.1 Å². The van der Waals surface area contributed by atoms with E-state index in [0.717, 1.165) is 39.3 Å². The molecule has 9 nitrogen and oxygen atoms in total. The largest absolute Gasteiger partial charge is 0.495 e. The molecule has 0 amide bonds. The van der Waals surface area contributed by atoms with Crippen molar-refractivity contribution < 1.29 is 17.9 Å². The number of unbranched alkanes of at least 4 members (excludes halogenated alkanes) is 1. The lowest BCUT2D eigenvalue weighted by Crippen LogP contribution is -2.37. The van der Waals surface area contributed by atoms with Crippen molar-refractivity contribution in [3.8, 4) is 17.0 Å². The number of methoxy groups -OCH3 is 1. The summed E-state index contributed by atoms with van der Waals surface area (Å²) in [4.78, 5) is 14.4. The van der Waals surface area contributed by atoms with Crippen LogP contribution in [0.25, 0.3) is 22.0 Å². The number of aromatic amines is 1. The average Bonchev–Trinajstić information content (AvgIpc) is 2.83. The van der Waals surface area contributed by atoms with Crippen molar-refractivity contribution in [1.82, 2.24) is 15.1 Å². The quantitative estimate of drug-likeness (QED) is 0.460. The summed E-state index contributed by atoms with van der Waals surface area (Å²) in [5.74, 6) is 0.425. The highest BCUT2D eigenvalue weighted by Crippen LogP contribution is 2.32. The predicted molar refractivity (Wildman–Crippen MR) is 128 cm³/mol. The Hall–Kier alpha value is -2.95. The first-order valence-electron chi connectivity index (χ1n) is 10.9. The number of fused-ring (bicyclic) bond motifs is 1. The van der Waals surface area contributed by atoms with E-state index in [1.54, 1.807) is 30.3 Å². The molecule has 10 heteroatoms. The van der Waals surface area contributed by atoms with E-state index in [2.05, 4.69) is 19.8 Å². The zero-order valence-corrected chi connectivity index (χ0v) is 19.4. The molecule has 3 aromatic rings. The molecule has 1 aliphatic heterocycles. The van der Waals surface area contributed by atoms with Crippen LogP contribution in [-0.2, 0) is 14.8 Å². The minimum Gasteiger partial charge on any atom is -0.495 e. The summed E-state index contributed by atoms with van der Waals surface area (Å²) in [5, 5.41) is 7.92. The van der Waals surface area contributed by atoms with Crippen LogP contribution in [0.5, 0.6) is 5.75 Å². The zero-order valence-electron chi connectivity index (χ0n) is 18.5. The fourth-order valence-electron chi connectivity index (χ4n) is 3.94. The smallest absolute Gasteiger partial charge is 0.272 e. The summed E-state index contributed by atoms with van der Waals surface area (Å²) in [7, 11) is -2.08. The van der Waals surface area contributed by atoms with Gasteiger partial charge in [-0.05, 0) is 43.7 Å². The third kappa shape index (κ3) is 5.70. The number of H-pyrrole nitrogens is 1. The van der Waals surface area contributed by atoms with Gasteiger partial charge in [0.2, 0.25) is 10.0 Å². The molecule has 176 valence electrons. The van der Waals surface area contributed by atoms with Crippen LogP contribution in [0.4, 0.5) is 5.69 Å². The Bertz CT molecular complexity index is 1270. The molecular weight excluding hydrogens is 444 g/mol. The number of anilines is 1. The zero-order chi connectivity index (χ0) is 23.3. The standard InChI is InChI=1S/C23H28N4O5S/c1-31-21-9-8-17(22-18-6-2-3-7-19(18)23(28)25-24-22)16-20(21)26-33(29,30)15-5-4-10-27-11-13-32-14-12-27/h2-3,6-9,16,26H,4-5,10-15H2,1H3,(H,25,28). The number of nitrogens with one attached hydrogen (secondary N) is 2. The lowest BCUT2D eigenvalue weighted by atomic mass is 10.0. The van der Waals surface area contributed by atoms with Crippen molar-refractivity contribution in [2.24, 2.45) is 0 Å².